The Labute approximate surface area is 171 Å². The van der Waals surface area contributed by atoms with Crippen molar-refractivity contribution in [3.63, 3.8) is 0 Å². The van der Waals surface area contributed by atoms with E-state index in [2.05, 4.69) is 70.3 Å². The number of carbonyl (C=O) groups is 1. The Kier molecular flexibility index (Phi) is 6.38. The van der Waals surface area contributed by atoms with Gasteiger partial charge in [-0.3, -0.25) is 4.79 Å². The lowest BCUT2D eigenvalue weighted by molar-refractivity contribution is -0.141. The van der Waals surface area contributed by atoms with E-state index in [9.17, 15) is 4.79 Å². The van der Waals surface area contributed by atoms with Crippen LogP contribution in [0.15, 0.2) is 42.2 Å². The van der Waals surface area contributed by atoms with Gasteiger partial charge in [0.05, 0.1) is 12.2 Å². The fourth-order valence-corrected chi connectivity index (χ4v) is 5.26. The quantitative estimate of drug-likeness (QED) is 0.235. The van der Waals surface area contributed by atoms with Crippen LogP contribution in [-0.2, 0) is 20.4 Å². The number of esters is 1. The van der Waals surface area contributed by atoms with Gasteiger partial charge < -0.3 is 9.16 Å². The molecule has 0 N–H and O–H groups in total. The largest absolute Gasteiger partial charge is 0.547 e. The highest BCUT2D eigenvalue weighted by Crippen LogP contribution is 2.47. The minimum absolute atomic E-state index is 0.0320. The van der Waals surface area contributed by atoms with Crippen molar-refractivity contribution >= 4 is 14.3 Å². The molecular weight excluding hydrogens is 364 g/mol. The molecule has 0 radical (unpaired) electrons. The first-order valence-corrected chi connectivity index (χ1v) is 13.7. The summed E-state index contributed by atoms with van der Waals surface area (Å²) in [7, 11) is -1.91. The Morgan fingerprint density at radius 2 is 1.93 bits per heavy atom. The smallest absolute Gasteiger partial charge is 0.306 e. The van der Waals surface area contributed by atoms with E-state index in [1.807, 2.05) is 0 Å². The van der Waals surface area contributed by atoms with E-state index in [-0.39, 0.29) is 17.1 Å². The summed E-state index contributed by atoms with van der Waals surface area (Å²) in [6.45, 7) is 11.5. The SMILES string of the molecule is CC(C)(C)[Si](C)(C)O/C(=C/CCCc1ccccc1)[C@@H]1CCC2OC(=O)C[C@H]21. The molecule has 28 heavy (non-hydrogen) atoms. The van der Waals surface area contributed by atoms with E-state index >= 15 is 0 Å². The second-order valence-electron chi connectivity index (χ2n) is 9.93. The maximum Gasteiger partial charge on any atom is 0.306 e. The number of benzene rings is 1. The molecule has 1 aliphatic carbocycles. The Morgan fingerprint density at radius 3 is 2.61 bits per heavy atom. The van der Waals surface area contributed by atoms with Crippen LogP contribution < -0.4 is 0 Å². The van der Waals surface area contributed by atoms with Crippen molar-refractivity contribution in [2.45, 2.75) is 83.5 Å². The number of hydrogen-bond acceptors (Lipinski definition) is 3. The first-order valence-electron chi connectivity index (χ1n) is 10.8. The Morgan fingerprint density at radius 1 is 1.21 bits per heavy atom. The monoisotopic (exact) mass is 400 g/mol. The molecular formula is C24H36O3Si. The fraction of sp³-hybridized carbons (Fsp3) is 0.625. The number of unbranched alkanes of at least 4 members (excludes halogenated alkanes) is 1. The predicted octanol–water partition coefficient (Wildman–Crippen LogP) is 6.26. The molecule has 154 valence electrons. The molecule has 1 unspecified atom stereocenters. The lowest BCUT2D eigenvalue weighted by Crippen LogP contribution is -2.41. The zero-order valence-electron chi connectivity index (χ0n) is 18.2. The number of aryl methyl sites for hydroxylation is 1. The summed E-state index contributed by atoms with van der Waals surface area (Å²) in [4.78, 5) is 11.8. The van der Waals surface area contributed by atoms with Crippen molar-refractivity contribution in [2.24, 2.45) is 11.8 Å². The molecule has 2 fully saturated rings. The minimum atomic E-state index is -1.91. The fourth-order valence-electron chi connectivity index (χ4n) is 4.13. The van der Waals surface area contributed by atoms with Gasteiger partial charge >= 0.3 is 5.97 Å². The summed E-state index contributed by atoms with van der Waals surface area (Å²) in [5.41, 5.74) is 1.39. The van der Waals surface area contributed by atoms with Gasteiger partial charge in [0.1, 0.15) is 6.10 Å². The van der Waals surface area contributed by atoms with E-state index in [1.54, 1.807) is 0 Å². The van der Waals surface area contributed by atoms with E-state index in [1.165, 1.54) is 5.56 Å². The van der Waals surface area contributed by atoms with Gasteiger partial charge in [-0.05, 0) is 61.9 Å². The molecule has 4 heteroatoms. The van der Waals surface area contributed by atoms with Gasteiger partial charge in [-0.2, -0.15) is 0 Å². The third-order valence-corrected chi connectivity index (χ3v) is 11.2. The third-order valence-electron chi connectivity index (χ3n) is 6.84. The second kappa shape index (κ2) is 8.44. The van der Waals surface area contributed by atoms with Gasteiger partial charge in [0.15, 0.2) is 0 Å². The molecule has 0 spiro atoms. The molecule has 1 saturated heterocycles. The molecule has 3 nitrogen and oxygen atoms in total. The summed E-state index contributed by atoms with van der Waals surface area (Å²) in [6, 6.07) is 10.7. The normalized spacial score (nSPS) is 25.5. The van der Waals surface area contributed by atoms with E-state index in [0.29, 0.717) is 18.3 Å². The lowest BCUT2D eigenvalue weighted by atomic mass is 9.91. The zero-order valence-corrected chi connectivity index (χ0v) is 19.2. The number of ether oxygens (including phenoxy) is 1. The summed E-state index contributed by atoms with van der Waals surface area (Å²) in [6.07, 6.45) is 8.25. The summed E-state index contributed by atoms with van der Waals surface area (Å²) in [5, 5.41) is 0.163. The average molecular weight is 401 g/mol. The van der Waals surface area contributed by atoms with Crippen molar-refractivity contribution in [3.8, 4) is 0 Å². The van der Waals surface area contributed by atoms with Crippen molar-refractivity contribution in [1.29, 1.82) is 0 Å². The number of allylic oxidation sites excluding steroid dienone is 2. The second-order valence-corrected chi connectivity index (χ2v) is 14.7. The van der Waals surface area contributed by atoms with Crippen LogP contribution in [0.3, 0.4) is 0 Å². The van der Waals surface area contributed by atoms with Gasteiger partial charge in [0, 0.05) is 11.8 Å². The standard InChI is InChI=1S/C24H36O3Si/c1-24(2,3)28(4,5)27-22(14-10-9-13-18-11-7-6-8-12-18)19-15-16-21-20(19)17-23(25)26-21/h6-8,11-12,14,19-21H,9-10,13,15-17H2,1-5H3/b22-14+/t19-,20+,21?/m1/s1. The number of hydrogen-bond donors (Lipinski definition) is 0. The highest BCUT2D eigenvalue weighted by atomic mass is 28.4. The maximum atomic E-state index is 11.8. The van der Waals surface area contributed by atoms with Crippen LogP contribution in [0.4, 0.5) is 0 Å². The molecule has 1 saturated carbocycles. The van der Waals surface area contributed by atoms with E-state index in [0.717, 1.165) is 37.9 Å². The average Bonchev–Trinajstić information content (AvgIpc) is 3.16. The molecule has 0 aromatic heterocycles. The Hall–Kier alpha value is -1.55. The van der Waals surface area contributed by atoms with Crippen molar-refractivity contribution in [3.05, 3.63) is 47.7 Å². The number of carbonyl (C=O) groups excluding carboxylic acids is 1. The van der Waals surface area contributed by atoms with Crippen molar-refractivity contribution in [2.75, 3.05) is 0 Å². The maximum absolute atomic E-state index is 11.8. The highest BCUT2D eigenvalue weighted by Gasteiger charge is 2.48. The van der Waals surface area contributed by atoms with Crippen LogP contribution in [0.25, 0.3) is 0 Å². The van der Waals surface area contributed by atoms with E-state index in [4.69, 9.17) is 9.16 Å². The molecule has 1 aromatic rings. The van der Waals surface area contributed by atoms with Crippen LogP contribution in [-0.4, -0.2) is 20.4 Å². The Balaban J connectivity index is 1.71. The van der Waals surface area contributed by atoms with Gasteiger partial charge in [-0.25, -0.2) is 0 Å². The first-order chi connectivity index (χ1) is 13.2. The zero-order chi connectivity index (χ0) is 20.4. The van der Waals surface area contributed by atoms with Crippen LogP contribution in [0, 0.1) is 11.8 Å². The number of rotatable bonds is 7. The third kappa shape index (κ3) is 4.89. The number of fused-ring (bicyclic) bond motifs is 1. The molecule has 1 heterocycles. The molecule has 2 aliphatic rings. The molecule has 3 rings (SSSR count). The van der Waals surface area contributed by atoms with Crippen LogP contribution in [0.2, 0.25) is 18.1 Å². The van der Waals surface area contributed by atoms with Crippen LogP contribution >= 0.6 is 0 Å². The predicted molar refractivity (Wildman–Crippen MR) is 116 cm³/mol. The van der Waals surface area contributed by atoms with Crippen molar-refractivity contribution < 1.29 is 14.0 Å². The van der Waals surface area contributed by atoms with Crippen molar-refractivity contribution in [1.82, 2.24) is 0 Å². The van der Waals surface area contributed by atoms with Gasteiger partial charge in [-0.1, -0.05) is 51.1 Å². The van der Waals surface area contributed by atoms with E-state index < -0.39 is 8.32 Å². The van der Waals surface area contributed by atoms with Gasteiger partial charge in [0.2, 0.25) is 8.32 Å². The van der Waals surface area contributed by atoms with Gasteiger partial charge in [-0.15, -0.1) is 0 Å². The molecule has 0 amide bonds. The minimum Gasteiger partial charge on any atom is -0.547 e. The van der Waals surface area contributed by atoms with Crippen LogP contribution in [0.5, 0.6) is 0 Å². The summed E-state index contributed by atoms with van der Waals surface area (Å²) < 4.78 is 12.4. The molecule has 3 atom stereocenters. The molecule has 1 aromatic carbocycles. The molecule has 0 bridgehead atoms. The molecule has 1 aliphatic heterocycles. The Bertz CT molecular complexity index is 702. The first kappa shape index (κ1) is 21.2. The topological polar surface area (TPSA) is 35.5 Å². The van der Waals surface area contributed by atoms with Crippen LogP contribution in [0.1, 0.15) is 58.4 Å². The summed E-state index contributed by atoms with van der Waals surface area (Å²) in [5.74, 6) is 1.75. The van der Waals surface area contributed by atoms with Gasteiger partial charge in [0.25, 0.3) is 0 Å². The highest BCUT2D eigenvalue weighted by molar-refractivity contribution is 6.74. The lowest BCUT2D eigenvalue weighted by Gasteiger charge is -2.39. The summed E-state index contributed by atoms with van der Waals surface area (Å²) >= 11 is 0.